The molecule has 3 atom stereocenters. The average molecular weight is 298 g/mol. The molecule has 0 aliphatic carbocycles. The average Bonchev–Trinajstić information content (AvgIpc) is 2.87. The SMILES string of the molecule is COC(=O)C1CN(C(=O)N2CCC[C@@H](C(=O)O)C2)CC1C. The van der Waals surface area contributed by atoms with E-state index in [2.05, 4.69) is 0 Å². The minimum atomic E-state index is -0.852. The lowest BCUT2D eigenvalue weighted by Crippen LogP contribution is -2.48. The van der Waals surface area contributed by atoms with Gasteiger partial charge in [0.1, 0.15) is 0 Å². The Morgan fingerprint density at radius 1 is 1.14 bits per heavy atom. The van der Waals surface area contributed by atoms with Crippen molar-refractivity contribution in [3.05, 3.63) is 0 Å². The summed E-state index contributed by atoms with van der Waals surface area (Å²) in [6, 6.07) is -0.167. The Labute approximate surface area is 123 Å². The van der Waals surface area contributed by atoms with Gasteiger partial charge in [-0.25, -0.2) is 4.79 Å². The molecule has 2 aliphatic heterocycles. The number of carbonyl (C=O) groups excluding carboxylic acids is 2. The highest BCUT2D eigenvalue weighted by Gasteiger charge is 2.40. The van der Waals surface area contributed by atoms with Gasteiger partial charge in [-0.2, -0.15) is 0 Å². The molecule has 0 aromatic rings. The van der Waals surface area contributed by atoms with Crippen LogP contribution < -0.4 is 0 Å². The van der Waals surface area contributed by atoms with E-state index in [1.165, 1.54) is 7.11 Å². The third-order valence-electron chi connectivity index (χ3n) is 4.43. The summed E-state index contributed by atoms with van der Waals surface area (Å²) in [7, 11) is 1.35. The zero-order chi connectivity index (χ0) is 15.6. The number of piperidine rings is 1. The Morgan fingerprint density at radius 2 is 1.86 bits per heavy atom. The Balaban J connectivity index is 1.97. The quantitative estimate of drug-likeness (QED) is 0.756. The second-order valence-electron chi connectivity index (χ2n) is 5.92. The van der Waals surface area contributed by atoms with Crippen LogP contribution in [0.3, 0.4) is 0 Å². The monoisotopic (exact) mass is 298 g/mol. The molecule has 1 N–H and O–H groups in total. The van der Waals surface area contributed by atoms with Crippen LogP contribution in [-0.4, -0.2) is 66.2 Å². The predicted molar refractivity (Wildman–Crippen MR) is 73.6 cm³/mol. The maximum Gasteiger partial charge on any atom is 0.320 e. The highest BCUT2D eigenvalue weighted by molar-refractivity contribution is 5.79. The molecular formula is C14H22N2O5. The molecule has 7 nitrogen and oxygen atoms in total. The molecule has 2 rings (SSSR count). The maximum absolute atomic E-state index is 12.5. The van der Waals surface area contributed by atoms with E-state index in [1.54, 1.807) is 9.80 Å². The largest absolute Gasteiger partial charge is 0.481 e. The van der Waals surface area contributed by atoms with Gasteiger partial charge in [-0.1, -0.05) is 6.92 Å². The first-order valence-corrected chi connectivity index (χ1v) is 7.28. The van der Waals surface area contributed by atoms with Crippen LogP contribution in [0.25, 0.3) is 0 Å². The molecular weight excluding hydrogens is 276 g/mol. The number of hydrogen-bond donors (Lipinski definition) is 1. The summed E-state index contributed by atoms with van der Waals surface area (Å²) in [5.74, 6) is -1.87. The lowest BCUT2D eigenvalue weighted by atomic mass is 9.99. The molecule has 2 saturated heterocycles. The number of amides is 2. The van der Waals surface area contributed by atoms with Crippen molar-refractivity contribution in [3.8, 4) is 0 Å². The fraction of sp³-hybridized carbons (Fsp3) is 0.786. The number of carbonyl (C=O) groups is 3. The number of nitrogens with zero attached hydrogens (tertiary/aromatic N) is 2. The molecule has 0 spiro atoms. The van der Waals surface area contributed by atoms with E-state index in [0.29, 0.717) is 32.5 Å². The summed E-state index contributed by atoms with van der Waals surface area (Å²) in [6.07, 6.45) is 1.31. The Hall–Kier alpha value is -1.79. The van der Waals surface area contributed by atoms with Crippen molar-refractivity contribution in [3.63, 3.8) is 0 Å². The zero-order valence-electron chi connectivity index (χ0n) is 12.4. The summed E-state index contributed by atoms with van der Waals surface area (Å²) >= 11 is 0. The zero-order valence-corrected chi connectivity index (χ0v) is 12.4. The predicted octanol–water partition coefficient (Wildman–Crippen LogP) is 0.644. The van der Waals surface area contributed by atoms with E-state index in [0.717, 1.165) is 0 Å². The Kier molecular flexibility index (Phi) is 4.69. The number of ether oxygens (including phenoxy) is 1. The molecule has 2 aliphatic rings. The topological polar surface area (TPSA) is 87.2 Å². The minimum absolute atomic E-state index is 0.0569. The van der Waals surface area contributed by atoms with Crippen molar-refractivity contribution in [2.75, 3.05) is 33.3 Å². The summed E-state index contributed by atoms with van der Waals surface area (Å²) in [5, 5.41) is 9.08. The van der Waals surface area contributed by atoms with Crippen molar-refractivity contribution < 1.29 is 24.2 Å². The Bertz CT molecular complexity index is 439. The summed E-state index contributed by atoms with van der Waals surface area (Å²) in [5.41, 5.74) is 0. The molecule has 7 heteroatoms. The van der Waals surface area contributed by atoms with Crippen LogP contribution in [-0.2, 0) is 14.3 Å². The van der Waals surface area contributed by atoms with E-state index in [9.17, 15) is 14.4 Å². The van der Waals surface area contributed by atoms with Crippen molar-refractivity contribution in [2.45, 2.75) is 19.8 Å². The molecule has 0 bridgehead atoms. The maximum atomic E-state index is 12.5. The number of carboxylic acid groups (broad SMARTS) is 1. The smallest absolute Gasteiger partial charge is 0.320 e. The minimum Gasteiger partial charge on any atom is -0.481 e. The van der Waals surface area contributed by atoms with Gasteiger partial charge in [-0.15, -0.1) is 0 Å². The molecule has 21 heavy (non-hydrogen) atoms. The first-order chi connectivity index (χ1) is 9.93. The molecule has 0 aromatic carbocycles. The van der Waals surface area contributed by atoms with Gasteiger partial charge < -0.3 is 19.6 Å². The number of urea groups is 1. The second kappa shape index (κ2) is 6.32. The molecule has 2 heterocycles. The highest BCUT2D eigenvalue weighted by Crippen LogP contribution is 2.26. The van der Waals surface area contributed by atoms with Crippen molar-refractivity contribution in [1.29, 1.82) is 0 Å². The van der Waals surface area contributed by atoms with Crippen LogP contribution >= 0.6 is 0 Å². The number of hydrogen-bond acceptors (Lipinski definition) is 4. The number of methoxy groups -OCH3 is 1. The molecule has 0 aromatic heterocycles. The fourth-order valence-corrected chi connectivity index (χ4v) is 3.13. The second-order valence-corrected chi connectivity index (χ2v) is 5.92. The van der Waals surface area contributed by atoms with Gasteiger partial charge in [0.05, 0.1) is 18.9 Å². The number of esters is 1. The van der Waals surface area contributed by atoms with Gasteiger partial charge in [-0.05, 0) is 18.8 Å². The van der Waals surface area contributed by atoms with Crippen molar-refractivity contribution in [1.82, 2.24) is 9.80 Å². The first kappa shape index (κ1) is 15.6. The van der Waals surface area contributed by atoms with Gasteiger partial charge >= 0.3 is 18.0 Å². The molecule has 118 valence electrons. The van der Waals surface area contributed by atoms with Gasteiger partial charge in [-0.3, -0.25) is 9.59 Å². The third-order valence-corrected chi connectivity index (χ3v) is 4.43. The van der Waals surface area contributed by atoms with Gasteiger partial charge in [0, 0.05) is 26.2 Å². The van der Waals surface area contributed by atoms with Crippen molar-refractivity contribution >= 4 is 18.0 Å². The van der Waals surface area contributed by atoms with E-state index in [4.69, 9.17) is 9.84 Å². The standard InChI is InChI=1S/C14H22N2O5/c1-9-6-16(8-11(9)13(19)21-2)14(20)15-5-3-4-10(7-15)12(17)18/h9-11H,3-8H2,1-2H3,(H,17,18)/t9?,10-,11?/m1/s1. The van der Waals surface area contributed by atoms with Crippen LogP contribution in [0.2, 0.25) is 0 Å². The van der Waals surface area contributed by atoms with Gasteiger partial charge in [0.15, 0.2) is 0 Å². The van der Waals surface area contributed by atoms with E-state index < -0.39 is 11.9 Å². The summed E-state index contributed by atoms with van der Waals surface area (Å²) < 4.78 is 4.76. The molecule has 2 amide bonds. The van der Waals surface area contributed by atoms with Gasteiger partial charge in [0.25, 0.3) is 0 Å². The van der Waals surface area contributed by atoms with E-state index >= 15 is 0 Å². The number of carboxylic acids is 1. The van der Waals surface area contributed by atoms with Gasteiger partial charge in [0.2, 0.25) is 0 Å². The van der Waals surface area contributed by atoms with E-state index in [1.807, 2.05) is 6.92 Å². The van der Waals surface area contributed by atoms with Crippen LogP contribution in [0.1, 0.15) is 19.8 Å². The first-order valence-electron chi connectivity index (χ1n) is 7.28. The van der Waals surface area contributed by atoms with Crippen LogP contribution in [0.5, 0.6) is 0 Å². The highest BCUT2D eigenvalue weighted by atomic mass is 16.5. The third kappa shape index (κ3) is 3.28. The fourth-order valence-electron chi connectivity index (χ4n) is 3.13. The summed E-state index contributed by atoms with van der Waals surface area (Å²) in [6.45, 7) is 3.61. The molecule has 0 radical (unpaired) electrons. The molecule has 2 unspecified atom stereocenters. The normalized spacial score (nSPS) is 29.3. The van der Waals surface area contributed by atoms with Crippen LogP contribution in [0, 0.1) is 17.8 Å². The number of rotatable bonds is 2. The lowest BCUT2D eigenvalue weighted by molar-refractivity contribution is -0.146. The van der Waals surface area contributed by atoms with Crippen molar-refractivity contribution in [2.24, 2.45) is 17.8 Å². The molecule has 2 fully saturated rings. The lowest BCUT2D eigenvalue weighted by Gasteiger charge is -2.33. The molecule has 0 saturated carbocycles. The van der Waals surface area contributed by atoms with Crippen LogP contribution in [0.4, 0.5) is 4.79 Å². The van der Waals surface area contributed by atoms with Crippen LogP contribution in [0.15, 0.2) is 0 Å². The Morgan fingerprint density at radius 3 is 2.48 bits per heavy atom. The summed E-state index contributed by atoms with van der Waals surface area (Å²) in [4.78, 5) is 38.4. The number of likely N-dealkylation sites (tertiary alicyclic amines) is 2. The number of aliphatic carboxylic acids is 1. The van der Waals surface area contributed by atoms with E-state index in [-0.39, 0.29) is 30.4 Å².